The number of rotatable bonds is 5. The molecule has 2 aromatic heterocycles. The molecule has 118 valence electrons. The summed E-state index contributed by atoms with van der Waals surface area (Å²) in [6.07, 6.45) is 1.66. The first-order chi connectivity index (χ1) is 10.4. The van der Waals surface area contributed by atoms with Crippen LogP contribution in [0.2, 0.25) is 0 Å². The van der Waals surface area contributed by atoms with Gasteiger partial charge in [0.05, 0.1) is 17.2 Å². The molecule has 0 spiro atoms. The molecular weight excluding hydrogens is 288 g/mol. The van der Waals surface area contributed by atoms with Crippen molar-refractivity contribution < 1.29 is 9.72 Å². The minimum atomic E-state index is -0.570. The highest BCUT2D eigenvalue weighted by Gasteiger charge is 2.31. The zero-order chi connectivity index (χ0) is 16.4. The molecule has 0 N–H and O–H groups in total. The van der Waals surface area contributed by atoms with Crippen LogP contribution in [-0.2, 0) is 20.1 Å². The summed E-state index contributed by atoms with van der Waals surface area (Å²) in [6, 6.07) is 1.82. The van der Waals surface area contributed by atoms with E-state index in [0.717, 1.165) is 5.69 Å². The van der Waals surface area contributed by atoms with Crippen LogP contribution < -0.4 is 0 Å². The summed E-state index contributed by atoms with van der Waals surface area (Å²) in [6.45, 7) is 4.47. The van der Waals surface area contributed by atoms with Crippen molar-refractivity contribution in [1.29, 1.82) is 0 Å². The smallest absolute Gasteiger partial charge is 0.322 e. The summed E-state index contributed by atoms with van der Waals surface area (Å²) in [5.74, 6) is -0.446. The van der Waals surface area contributed by atoms with Gasteiger partial charge in [-0.2, -0.15) is 10.2 Å². The van der Waals surface area contributed by atoms with Crippen LogP contribution in [0.15, 0.2) is 12.3 Å². The number of aromatic nitrogens is 4. The molecule has 0 fully saturated rings. The summed E-state index contributed by atoms with van der Waals surface area (Å²) in [4.78, 5) is 24.6. The number of hydrogen-bond donors (Lipinski definition) is 0. The second-order valence-corrected chi connectivity index (χ2v) is 4.96. The summed E-state index contributed by atoms with van der Waals surface area (Å²) < 4.78 is 3.02. The fourth-order valence-electron chi connectivity index (χ4n) is 2.38. The van der Waals surface area contributed by atoms with Crippen LogP contribution >= 0.6 is 0 Å². The predicted octanol–water partition coefficient (Wildman–Crippen LogP) is 1.13. The van der Waals surface area contributed by atoms with Crippen molar-refractivity contribution in [3.8, 4) is 0 Å². The van der Waals surface area contributed by atoms with Crippen LogP contribution in [0.4, 0.5) is 5.69 Å². The molecule has 0 aromatic carbocycles. The van der Waals surface area contributed by atoms with E-state index in [4.69, 9.17) is 0 Å². The van der Waals surface area contributed by atoms with Crippen LogP contribution in [0.1, 0.15) is 28.8 Å². The third-order valence-electron chi connectivity index (χ3n) is 3.43. The summed E-state index contributed by atoms with van der Waals surface area (Å²) in [7, 11) is 3.12. The van der Waals surface area contributed by atoms with E-state index in [9.17, 15) is 14.9 Å². The van der Waals surface area contributed by atoms with Crippen LogP contribution in [-0.4, -0.2) is 42.3 Å². The fourth-order valence-corrected chi connectivity index (χ4v) is 2.38. The molecule has 22 heavy (non-hydrogen) atoms. The normalized spacial score (nSPS) is 10.7. The molecule has 0 unspecified atom stereocenters. The molecule has 9 heteroatoms. The molecule has 2 heterocycles. The van der Waals surface area contributed by atoms with Crippen molar-refractivity contribution >= 4 is 11.6 Å². The second kappa shape index (κ2) is 5.96. The van der Waals surface area contributed by atoms with Gasteiger partial charge in [0.2, 0.25) is 5.69 Å². The summed E-state index contributed by atoms with van der Waals surface area (Å²) in [5.41, 5.74) is 0.818. The monoisotopic (exact) mass is 306 g/mol. The van der Waals surface area contributed by atoms with Gasteiger partial charge in [0.15, 0.2) is 0 Å². The van der Waals surface area contributed by atoms with Crippen molar-refractivity contribution in [2.45, 2.75) is 26.9 Å². The lowest BCUT2D eigenvalue weighted by Gasteiger charge is -2.17. The Morgan fingerprint density at radius 2 is 2.18 bits per heavy atom. The summed E-state index contributed by atoms with van der Waals surface area (Å²) >= 11 is 0. The summed E-state index contributed by atoms with van der Waals surface area (Å²) in [5, 5.41) is 19.3. The lowest BCUT2D eigenvalue weighted by Crippen LogP contribution is -2.29. The first kappa shape index (κ1) is 15.7. The molecule has 0 saturated heterocycles. The van der Waals surface area contributed by atoms with E-state index in [-0.39, 0.29) is 17.1 Å². The third kappa shape index (κ3) is 2.69. The number of carbonyl (C=O) groups excluding carboxylic acids is 1. The third-order valence-corrected chi connectivity index (χ3v) is 3.43. The standard InChI is InChI=1S/C13H18N6O3/c1-5-18-10(6-7-14-18)8-16(3)13(20)12-11(19(21)22)9(2)15-17(12)4/h6-7H,5,8H2,1-4H3. The first-order valence-electron chi connectivity index (χ1n) is 6.81. The van der Waals surface area contributed by atoms with Gasteiger partial charge in [-0.05, 0) is 19.9 Å². The Morgan fingerprint density at radius 3 is 2.77 bits per heavy atom. The zero-order valence-corrected chi connectivity index (χ0v) is 13.0. The molecule has 0 aliphatic rings. The van der Waals surface area contributed by atoms with Gasteiger partial charge < -0.3 is 4.90 Å². The van der Waals surface area contributed by atoms with Crippen LogP contribution in [0, 0.1) is 17.0 Å². The van der Waals surface area contributed by atoms with Crippen molar-refractivity contribution in [2.75, 3.05) is 7.05 Å². The molecule has 0 aliphatic carbocycles. The fraction of sp³-hybridized carbons (Fsp3) is 0.462. The minimum absolute atomic E-state index is 0.0208. The van der Waals surface area contributed by atoms with Gasteiger partial charge in [-0.15, -0.1) is 0 Å². The Labute approximate surface area is 127 Å². The highest BCUT2D eigenvalue weighted by molar-refractivity contribution is 5.96. The van der Waals surface area contributed by atoms with Gasteiger partial charge in [0.1, 0.15) is 5.69 Å². The van der Waals surface area contributed by atoms with E-state index in [1.807, 2.05) is 13.0 Å². The van der Waals surface area contributed by atoms with Gasteiger partial charge >= 0.3 is 5.69 Å². The van der Waals surface area contributed by atoms with Crippen molar-refractivity contribution in [2.24, 2.45) is 7.05 Å². The quantitative estimate of drug-likeness (QED) is 0.609. The average molecular weight is 306 g/mol. The molecule has 0 bridgehead atoms. The highest BCUT2D eigenvalue weighted by atomic mass is 16.6. The van der Waals surface area contributed by atoms with Crippen molar-refractivity contribution in [3.05, 3.63) is 39.5 Å². The van der Waals surface area contributed by atoms with Crippen LogP contribution in [0.5, 0.6) is 0 Å². The predicted molar refractivity (Wildman–Crippen MR) is 78.3 cm³/mol. The lowest BCUT2D eigenvalue weighted by molar-refractivity contribution is -0.385. The number of nitro groups is 1. The van der Waals surface area contributed by atoms with Gasteiger partial charge in [0, 0.05) is 26.8 Å². The van der Waals surface area contributed by atoms with Crippen molar-refractivity contribution in [1.82, 2.24) is 24.5 Å². The molecule has 0 atom stereocenters. The number of hydrogen-bond acceptors (Lipinski definition) is 5. The number of nitrogens with zero attached hydrogens (tertiary/aromatic N) is 6. The Hall–Kier alpha value is -2.71. The van der Waals surface area contributed by atoms with E-state index < -0.39 is 10.8 Å². The van der Waals surface area contributed by atoms with Crippen LogP contribution in [0.3, 0.4) is 0 Å². The molecule has 0 radical (unpaired) electrons. The van der Waals surface area contributed by atoms with Gasteiger partial charge in [-0.1, -0.05) is 0 Å². The van der Waals surface area contributed by atoms with E-state index in [2.05, 4.69) is 10.2 Å². The molecule has 0 aliphatic heterocycles. The van der Waals surface area contributed by atoms with Gasteiger partial charge in [-0.3, -0.25) is 24.3 Å². The molecule has 0 saturated carbocycles. The zero-order valence-electron chi connectivity index (χ0n) is 13.0. The second-order valence-electron chi connectivity index (χ2n) is 4.96. The van der Waals surface area contributed by atoms with Gasteiger partial charge in [-0.25, -0.2) is 0 Å². The van der Waals surface area contributed by atoms with E-state index >= 15 is 0 Å². The molecule has 1 amide bonds. The Morgan fingerprint density at radius 1 is 1.50 bits per heavy atom. The Kier molecular flexibility index (Phi) is 4.25. The van der Waals surface area contributed by atoms with Crippen LogP contribution in [0.25, 0.3) is 0 Å². The number of carbonyl (C=O) groups is 1. The Balaban J connectivity index is 2.30. The van der Waals surface area contributed by atoms with E-state index in [0.29, 0.717) is 13.1 Å². The maximum atomic E-state index is 12.6. The molecule has 2 aromatic rings. The molecule has 9 nitrogen and oxygen atoms in total. The lowest BCUT2D eigenvalue weighted by atomic mass is 10.2. The number of aryl methyl sites for hydroxylation is 3. The van der Waals surface area contributed by atoms with Crippen molar-refractivity contribution in [3.63, 3.8) is 0 Å². The SMILES string of the molecule is CCn1nccc1CN(C)C(=O)c1c([N+](=O)[O-])c(C)nn1C. The number of amides is 1. The molecular formula is C13H18N6O3. The maximum Gasteiger partial charge on any atom is 0.322 e. The van der Waals surface area contributed by atoms with E-state index in [1.54, 1.807) is 17.9 Å². The largest absolute Gasteiger partial charge is 0.334 e. The molecule has 2 rings (SSSR count). The minimum Gasteiger partial charge on any atom is -0.334 e. The van der Waals surface area contributed by atoms with E-state index in [1.165, 1.54) is 23.6 Å². The first-order valence-corrected chi connectivity index (χ1v) is 6.81. The topological polar surface area (TPSA) is 99.1 Å². The average Bonchev–Trinajstić information content (AvgIpc) is 3.01. The van der Waals surface area contributed by atoms with Gasteiger partial charge in [0.25, 0.3) is 5.91 Å². The highest BCUT2D eigenvalue weighted by Crippen LogP contribution is 2.23. The maximum absolute atomic E-state index is 12.6. The Bertz CT molecular complexity index is 717.